The number of methoxy groups -OCH3 is 2. The van der Waals surface area contributed by atoms with Crippen LogP contribution in [0.3, 0.4) is 0 Å². The molecule has 0 aliphatic heterocycles. The third-order valence-corrected chi connectivity index (χ3v) is 3.46. The molecule has 1 saturated carbocycles. The minimum Gasteiger partial charge on any atom is -0.497 e. The summed E-state index contributed by atoms with van der Waals surface area (Å²) in [6, 6.07) is 7.35. The fourth-order valence-electron chi connectivity index (χ4n) is 2.36. The Kier molecular flexibility index (Phi) is 3.95. The van der Waals surface area contributed by atoms with Gasteiger partial charge < -0.3 is 19.9 Å². The Balaban J connectivity index is 1.96. The highest BCUT2D eigenvalue weighted by atomic mass is 16.5. The van der Waals surface area contributed by atoms with Gasteiger partial charge in [0.25, 0.3) is 0 Å². The van der Waals surface area contributed by atoms with Gasteiger partial charge in [0.1, 0.15) is 23.1 Å². The average Bonchev–Trinajstić information content (AvgIpc) is 2.81. The minimum atomic E-state index is -0.911. The van der Waals surface area contributed by atoms with Crippen LogP contribution in [0.1, 0.15) is 19.3 Å². The quantitative estimate of drug-likeness (QED) is 0.835. The SMILES string of the molecule is COC(=O)C1(N)CCC(Oc2ccc(OC)cc2)C1. The van der Waals surface area contributed by atoms with E-state index >= 15 is 0 Å². The number of benzene rings is 1. The van der Waals surface area contributed by atoms with E-state index in [9.17, 15) is 4.79 Å². The molecule has 104 valence electrons. The summed E-state index contributed by atoms with van der Waals surface area (Å²) in [5.41, 5.74) is 5.12. The Hall–Kier alpha value is -1.75. The third-order valence-electron chi connectivity index (χ3n) is 3.46. The molecule has 2 rings (SSSR count). The number of rotatable bonds is 4. The first-order chi connectivity index (χ1) is 9.07. The molecule has 2 unspecified atom stereocenters. The van der Waals surface area contributed by atoms with Gasteiger partial charge in [-0.25, -0.2) is 0 Å². The monoisotopic (exact) mass is 265 g/mol. The zero-order valence-electron chi connectivity index (χ0n) is 11.2. The van der Waals surface area contributed by atoms with Crippen molar-refractivity contribution in [1.82, 2.24) is 0 Å². The third kappa shape index (κ3) is 2.98. The van der Waals surface area contributed by atoms with Crippen LogP contribution in [0.15, 0.2) is 24.3 Å². The Labute approximate surface area is 112 Å². The van der Waals surface area contributed by atoms with Gasteiger partial charge in [-0.15, -0.1) is 0 Å². The summed E-state index contributed by atoms with van der Waals surface area (Å²) in [6.45, 7) is 0. The van der Waals surface area contributed by atoms with Gasteiger partial charge in [0.2, 0.25) is 0 Å². The van der Waals surface area contributed by atoms with E-state index in [4.69, 9.17) is 19.9 Å². The molecule has 5 nitrogen and oxygen atoms in total. The predicted molar refractivity (Wildman–Crippen MR) is 70.2 cm³/mol. The van der Waals surface area contributed by atoms with Crippen LogP contribution in [-0.4, -0.2) is 31.8 Å². The molecule has 0 amide bonds. The lowest BCUT2D eigenvalue weighted by molar-refractivity contribution is -0.147. The highest BCUT2D eigenvalue weighted by Gasteiger charge is 2.44. The summed E-state index contributed by atoms with van der Waals surface area (Å²) in [5, 5.41) is 0. The largest absolute Gasteiger partial charge is 0.497 e. The van der Waals surface area contributed by atoms with Crippen LogP contribution < -0.4 is 15.2 Å². The Morgan fingerprint density at radius 2 is 1.89 bits per heavy atom. The molecule has 1 aromatic rings. The molecule has 2 atom stereocenters. The van der Waals surface area contributed by atoms with Crippen molar-refractivity contribution in [3.05, 3.63) is 24.3 Å². The number of esters is 1. The smallest absolute Gasteiger partial charge is 0.325 e. The van der Waals surface area contributed by atoms with Crippen molar-refractivity contribution in [3.8, 4) is 11.5 Å². The van der Waals surface area contributed by atoms with Gasteiger partial charge in [0, 0.05) is 6.42 Å². The predicted octanol–water partition coefficient (Wildman–Crippen LogP) is 1.50. The number of carbonyl (C=O) groups excluding carboxylic acids is 1. The normalized spacial score (nSPS) is 25.9. The summed E-state index contributed by atoms with van der Waals surface area (Å²) < 4.78 is 15.6. The molecule has 0 bridgehead atoms. The first-order valence-electron chi connectivity index (χ1n) is 6.25. The molecular formula is C14H19NO4. The number of carbonyl (C=O) groups is 1. The molecule has 1 aliphatic carbocycles. The van der Waals surface area contributed by atoms with Gasteiger partial charge in [-0.3, -0.25) is 4.79 Å². The second-order valence-corrected chi connectivity index (χ2v) is 4.81. The van der Waals surface area contributed by atoms with Crippen LogP contribution >= 0.6 is 0 Å². The fourth-order valence-corrected chi connectivity index (χ4v) is 2.36. The zero-order chi connectivity index (χ0) is 13.9. The van der Waals surface area contributed by atoms with E-state index in [0.29, 0.717) is 12.8 Å². The van der Waals surface area contributed by atoms with Crippen LogP contribution in [-0.2, 0) is 9.53 Å². The molecule has 0 saturated heterocycles. The maximum absolute atomic E-state index is 11.6. The van der Waals surface area contributed by atoms with E-state index < -0.39 is 5.54 Å². The highest BCUT2D eigenvalue weighted by Crippen LogP contribution is 2.32. The summed E-state index contributed by atoms with van der Waals surface area (Å²) in [6.07, 6.45) is 1.75. The van der Waals surface area contributed by atoms with Gasteiger partial charge in [-0.1, -0.05) is 0 Å². The number of ether oxygens (including phenoxy) is 3. The van der Waals surface area contributed by atoms with Gasteiger partial charge in [-0.05, 0) is 37.1 Å². The zero-order valence-corrected chi connectivity index (χ0v) is 11.2. The molecule has 1 aliphatic rings. The molecular weight excluding hydrogens is 246 g/mol. The van der Waals surface area contributed by atoms with Crippen LogP contribution in [0.4, 0.5) is 0 Å². The van der Waals surface area contributed by atoms with Crippen LogP contribution in [0.5, 0.6) is 11.5 Å². The second kappa shape index (κ2) is 5.48. The van der Waals surface area contributed by atoms with Crippen molar-refractivity contribution < 1.29 is 19.0 Å². The van der Waals surface area contributed by atoms with Crippen molar-refractivity contribution in [1.29, 1.82) is 0 Å². The molecule has 19 heavy (non-hydrogen) atoms. The van der Waals surface area contributed by atoms with E-state index in [-0.39, 0.29) is 12.1 Å². The number of hydrogen-bond donors (Lipinski definition) is 1. The lowest BCUT2D eigenvalue weighted by Gasteiger charge is -2.20. The standard InChI is InChI=1S/C14H19NO4/c1-17-10-3-5-11(6-4-10)19-12-7-8-14(15,9-12)13(16)18-2/h3-6,12H,7-9,15H2,1-2H3. The minimum absolute atomic E-state index is 0.0579. The van der Waals surface area contributed by atoms with Crippen LogP contribution in [0, 0.1) is 0 Å². The maximum Gasteiger partial charge on any atom is 0.325 e. The molecule has 0 heterocycles. The van der Waals surface area contributed by atoms with Crippen molar-refractivity contribution in [2.75, 3.05) is 14.2 Å². The van der Waals surface area contributed by atoms with Gasteiger partial charge >= 0.3 is 5.97 Å². The van der Waals surface area contributed by atoms with Crippen LogP contribution in [0.25, 0.3) is 0 Å². The number of hydrogen-bond acceptors (Lipinski definition) is 5. The van der Waals surface area contributed by atoms with Gasteiger partial charge in [-0.2, -0.15) is 0 Å². The van der Waals surface area contributed by atoms with E-state index in [1.54, 1.807) is 7.11 Å². The maximum atomic E-state index is 11.6. The van der Waals surface area contributed by atoms with Gasteiger partial charge in [0.05, 0.1) is 14.2 Å². The van der Waals surface area contributed by atoms with Crippen LogP contribution in [0.2, 0.25) is 0 Å². The Morgan fingerprint density at radius 3 is 2.47 bits per heavy atom. The molecule has 2 N–H and O–H groups in total. The van der Waals surface area contributed by atoms with Crippen molar-refractivity contribution in [3.63, 3.8) is 0 Å². The summed E-state index contributed by atoms with van der Waals surface area (Å²) >= 11 is 0. The molecule has 0 radical (unpaired) electrons. The molecule has 0 aromatic heterocycles. The second-order valence-electron chi connectivity index (χ2n) is 4.81. The summed E-state index contributed by atoms with van der Waals surface area (Å²) in [5.74, 6) is 1.16. The Bertz CT molecular complexity index is 445. The van der Waals surface area contributed by atoms with Crippen molar-refractivity contribution >= 4 is 5.97 Å². The molecule has 1 fully saturated rings. The van der Waals surface area contributed by atoms with E-state index in [0.717, 1.165) is 17.9 Å². The highest BCUT2D eigenvalue weighted by molar-refractivity contribution is 5.80. The average molecular weight is 265 g/mol. The van der Waals surface area contributed by atoms with E-state index in [2.05, 4.69) is 0 Å². The lowest BCUT2D eigenvalue weighted by atomic mass is 10.00. The summed E-state index contributed by atoms with van der Waals surface area (Å²) in [4.78, 5) is 11.6. The molecule has 5 heteroatoms. The molecule has 1 aromatic carbocycles. The van der Waals surface area contributed by atoms with E-state index in [1.165, 1.54) is 7.11 Å². The first-order valence-corrected chi connectivity index (χ1v) is 6.25. The van der Waals surface area contributed by atoms with Crippen molar-refractivity contribution in [2.24, 2.45) is 5.73 Å². The fraction of sp³-hybridized carbons (Fsp3) is 0.500. The topological polar surface area (TPSA) is 70.8 Å². The van der Waals surface area contributed by atoms with Gasteiger partial charge in [0.15, 0.2) is 0 Å². The van der Waals surface area contributed by atoms with E-state index in [1.807, 2.05) is 24.3 Å². The lowest BCUT2D eigenvalue weighted by Crippen LogP contribution is -2.47. The molecule has 0 spiro atoms. The number of nitrogens with two attached hydrogens (primary N) is 1. The first kappa shape index (κ1) is 13.7. The summed E-state index contributed by atoms with van der Waals surface area (Å²) in [7, 11) is 2.97. The Morgan fingerprint density at radius 1 is 1.26 bits per heavy atom. The van der Waals surface area contributed by atoms with Crippen molar-refractivity contribution in [2.45, 2.75) is 30.9 Å².